The summed E-state index contributed by atoms with van der Waals surface area (Å²) in [7, 11) is 3.68. The third kappa shape index (κ3) is 3.55. The lowest BCUT2D eigenvalue weighted by molar-refractivity contribution is 0.0945. The third-order valence-electron chi connectivity index (χ3n) is 6.05. The van der Waals surface area contributed by atoms with Crippen LogP contribution in [0.1, 0.15) is 32.7 Å². The summed E-state index contributed by atoms with van der Waals surface area (Å²) >= 11 is 0. The molecule has 5 rings (SSSR count). The molecule has 0 saturated heterocycles. The number of anilines is 2. The summed E-state index contributed by atoms with van der Waals surface area (Å²) < 4.78 is 2.00. The molecule has 0 spiro atoms. The molecule has 33 heavy (non-hydrogen) atoms. The molecule has 0 aliphatic carbocycles. The van der Waals surface area contributed by atoms with Crippen molar-refractivity contribution in [2.75, 3.05) is 30.4 Å². The van der Waals surface area contributed by atoms with E-state index in [1.165, 1.54) is 4.90 Å². The summed E-state index contributed by atoms with van der Waals surface area (Å²) in [5.74, 6) is 6.73. The summed E-state index contributed by atoms with van der Waals surface area (Å²) in [5, 5.41) is 15.2. The Hall–Kier alpha value is -4.32. The van der Waals surface area contributed by atoms with Gasteiger partial charge in [-0.2, -0.15) is 0 Å². The molecule has 9 heteroatoms. The Morgan fingerprint density at radius 3 is 2.85 bits per heavy atom. The summed E-state index contributed by atoms with van der Waals surface area (Å²) in [4.78, 5) is 34.0. The monoisotopic (exact) mass is 442 g/mol. The molecule has 4 heterocycles. The average Bonchev–Trinajstić information content (AvgIpc) is 3.39. The molecule has 0 fully saturated rings. The number of carboxylic acid groups (broad SMARTS) is 1. The minimum atomic E-state index is -0.946. The fourth-order valence-corrected chi connectivity index (χ4v) is 4.37. The van der Waals surface area contributed by atoms with Gasteiger partial charge in [0.1, 0.15) is 5.69 Å². The molecule has 3 aromatic rings. The van der Waals surface area contributed by atoms with Crippen LogP contribution in [-0.4, -0.2) is 51.8 Å². The molecule has 2 aliphatic rings. The molecule has 2 aromatic heterocycles. The number of carbonyl (C=O) groups is 2. The van der Waals surface area contributed by atoms with Crippen LogP contribution < -0.4 is 15.5 Å². The number of amides is 2. The Morgan fingerprint density at radius 1 is 1.24 bits per heavy atom. The van der Waals surface area contributed by atoms with Crippen LogP contribution in [0.4, 0.5) is 16.4 Å². The summed E-state index contributed by atoms with van der Waals surface area (Å²) in [6.45, 7) is 1.07. The molecule has 0 unspecified atom stereocenters. The van der Waals surface area contributed by atoms with E-state index in [0.717, 1.165) is 28.9 Å². The van der Waals surface area contributed by atoms with Crippen molar-refractivity contribution in [3.63, 3.8) is 0 Å². The van der Waals surface area contributed by atoms with Crippen LogP contribution in [-0.2, 0) is 19.9 Å². The van der Waals surface area contributed by atoms with Gasteiger partial charge in [0.2, 0.25) is 5.95 Å². The van der Waals surface area contributed by atoms with Gasteiger partial charge in [0.25, 0.3) is 5.91 Å². The second kappa shape index (κ2) is 7.98. The molecule has 0 saturated carbocycles. The molecule has 3 N–H and O–H groups in total. The van der Waals surface area contributed by atoms with E-state index in [1.807, 2.05) is 29.8 Å². The molecular weight excluding hydrogens is 420 g/mol. The highest BCUT2D eigenvalue weighted by molar-refractivity contribution is 5.98. The maximum Gasteiger partial charge on any atom is 0.411 e. The largest absolute Gasteiger partial charge is 0.465 e. The second-order valence-corrected chi connectivity index (χ2v) is 7.94. The van der Waals surface area contributed by atoms with E-state index in [0.29, 0.717) is 48.0 Å². The van der Waals surface area contributed by atoms with E-state index in [9.17, 15) is 14.7 Å². The number of aromatic nitrogens is 3. The first-order chi connectivity index (χ1) is 16.0. The first kappa shape index (κ1) is 20.6. The van der Waals surface area contributed by atoms with Gasteiger partial charge < -0.3 is 20.3 Å². The Labute approximate surface area is 190 Å². The lowest BCUT2D eigenvalue weighted by Gasteiger charge is -2.14. The fourth-order valence-electron chi connectivity index (χ4n) is 4.37. The Bertz CT molecular complexity index is 1360. The number of hydrogen-bond donors (Lipinski definition) is 3. The molecule has 1 aromatic carbocycles. The molecule has 0 bridgehead atoms. The fraction of sp³-hybridized carbons (Fsp3) is 0.250. The van der Waals surface area contributed by atoms with Crippen molar-refractivity contribution in [2.24, 2.45) is 7.05 Å². The van der Waals surface area contributed by atoms with Gasteiger partial charge in [0, 0.05) is 51.1 Å². The highest BCUT2D eigenvalue weighted by Crippen LogP contribution is 2.30. The van der Waals surface area contributed by atoms with Crippen molar-refractivity contribution in [3.8, 4) is 23.2 Å². The first-order valence-corrected chi connectivity index (χ1v) is 10.6. The highest BCUT2D eigenvalue weighted by atomic mass is 16.4. The number of benzene rings is 1. The van der Waals surface area contributed by atoms with E-state index in [-0.39, 0.29) is 5.91 Å². The number of rotatable bonds is 2. The number of fused-ring (bicyclic) bond motifs is 2. The minimum Gasteiger partial charge on any atom is -0.465 e. The van der Waals surface area contributed by atoms with Crippen molar-refractivity contribution >= 4 is 23.6 Å². The summed E-state index contributed by atoms with van der Waals surface area (Å²) in [6.07, 6.45) is 2.15. The standard InChI is InChI=1S/C24H22N6O3/c1-25-23-27-13-16(5-3-14-4-6-18-15(11-14)8-10-30(18)24(32)33)21(28-23)20-12-17-19(29(20)2)7-9-26-22(17)31/h4,6,11-13H,7-10H2,1-2H3,(H,26,31)(H,32,33)(H,25,27,28). The van der Waals surface area contributed by atoms with Crippen molar-refractivity contribution in [3.05, 3.63) is 58.4 Å². The van der Waals surface area contributed by atoms with Gasteiger partial charge in [0.15, 0.2) is 0 Å². The Balaban J connectivity index is 1.55. The van der Waals surface area contributed by atoms with Gasteiger partial charge in [-0.3, -0.25) is 9.69 Å². The smallest absolute Gasteiger partial charge is 0.411 e. The Morgan fingerprint density at radius 2 is 2.09 bits per heavy atom. The minimum absolute atomic E-state index is 0.0813. The predicted molar refractivity (Wildman–Crippen MR) is 124 cm³/mol. The van der Waals surface area contributed by atoms with Crippen molar-refractivity contribution in [1.82, 2.24) is 19.9 Å². The van der Waals surface area contributed by atoms with E-state index in [4.69, 9.17) is 0 Å². The van der Waals surface area contributed by atoms with E-state index < -0.39 is 6.09 Å². The van der Waals surface area contributed by atoms with Crippen molar-refractivity contribution < 1.29 is 14.7 Å². The molecule has 0 atom stereocenters. The van der Waals surface area contributed by atoms with E-state index in [1.54, 1.807) is 19.3 Å². The second-order valence-electron chi connectivity index (χ2n) is 7.94. The maximum atomic E-state index is 12.3. The van der Waals surface area contributed by atoms with Crippen LogP contribution in [0.2, 0.25) is 0 Å². The van der Waals surface area contributed by atoms with Crippen LogP contribution in [0.5, 0.6) is 0 Å². The number of hydrogen-bond acceptors (Lipinski definition) is 5. The summed E-state index contributed by atoms with van der Waals surface area (Å²) in [5.41, 5.74) is 6.17. The Kier molecular flexibility index (Phi) is 4.98. The van der Waals surface area contributed by atoms with Gasteiger partial charge in [-0.25, -0.2) is 14.8 Å². The summed E-state index contributed by atoms with van der Waals surface area (Å²) in [6, 6.07) is 7.40. The zero-order valence-electron chi connectivity index (χ0n) is 18.3. The molecule has 0 radical (unpaired) electrons. The lowest BCUT2D eigenvalue weighted by atomic mass is 10.1. The van der Waals surface area contributed by atoms with Gasteiger partial charge in [-0.15, -0.1) is 0 Å². The van der Waals surface area contributed by atoms with Crippen LogP contribution >= 0.6 is 0 Å². The predicted octanol–water partition coefficient (Wildman–Crippen LogP) is 2.25. The molecular formula is C24H22N6O3. The van der Waals surface area contributed by atoms with Crippen molar-refractivity contribution in [1.29, 1.82) is 0 Å². The van der Waals surface area contributed by atoms with Crippen molar-refractivity contribution in [2.45, 2.75) is 12.8 Å². The quantitative estimate of drug-likeness (QED) is 0.525. The molecule has 2 aliphatic heterocycles. The normalized spacial score (nSPS) is 14.1. The van der Waals surface area contributed by atoms with Crippen LogP contribution in [0.25, 0.3) is 11.4 Å². The number of nitrogens with zero attached hydrogens (tertiary/aromatic N) is 4. The van der Waals surface area contributed by atoms with Gasteiger partial charge in [0.05, 0.1) is 22.5 Å². The van der Waals surface area contributed by atoms with Crippen LogP contribution in [0, 0.1) is 11.8 Å². The zero-order chi connectivity index (χ0) is 23.1. The van der Waals surface area contributed by atoms with Gasteiger partial charge >= 0.3 is 6.09 Å². The maximum absolute atomic E-state index is 12.3. The zero-order valence-corrected chi connectivity index (χ0v) is 18.3. The lowest BCUT2D eigenvalue weighted by Crippen LogP contribution is -2.31. The average molecular weight is 442 g/mol. The number of nitrogens with one attached hydrogen (secondary N) is 2. The van der Waals surface area contributed by atoms with E-state index >= 15 is 0 Å². The van der Waals surface area contributed by atoms with Gasteiger partial charge in [-0.05, 0) is 36.2 Å². The third-order valence-corrected chi connectivity index (χ3v) is 6.05. The SMILES string of the molecule is CNc1ncc(C#Cc2ccc3c(c2)CCN3C(=O)O)c(-c2cc3c(n2C)CCNC3=O)n1. The molecule has 2 amide bonds. The highest BCUT2D eigenvalue weighted by Gasteiger charge is 2.25. The molecule has 166 valence electrons. The first-order valence-electron chi connectivity index (χ1n) is 10.6. The van der Waals surface area contributed by atoms with Crippen LogP contribution in [0.3, 0.4) is 0 Å². The topological polar surface area (TPSA) is 112 Å². The van der Waals surface area contributed by atoms with Crippen LogP contribution in [0.15, 0.2) is 30.5 Å². The molecule has 9 nitrogen and oxygen atoms in total. The van der Waals surface area contributed by atoms with E-state index in [2.05, 4.69) is 32.4 Å². The number of carbonyl (C=O) groups excluding carboxylic acids is 1. The van der Waals surface area contributed by atoms with Gasteiger partial charge in [-0.1, -0.05) is 11.8 Å².